The third-order valence-electron chi connectivity index (χ3n) is 3.17. The molecule has 0 unspecified atom stereocenters. The average molecular weight is 299 g/mol. The number of hydrogen-bond acceptors (Lipinski definition) is 4. The molecule has 2 N–H and O–H groups in total. The molecule has 0 aliphatic carbocycles. The Hall–Kier alpha value is -2.32. The molecule has 0 spiro atoms. The third kappa shape index (κ3) is 3.61. The molecule has 0 aliphatic rings. The van der Waals surface area contributed by atoms with Gasteiger partial charge in [0.25, 0.3) is 0 Å². The number of benzene rings is 1. The zero-order chi connectivity index (χ0) is 15.4. The average Bonchev–Trinajstić information content (AvgIpc) is 2.89. The van der Waals surface area contributed by atoms with Crippen LogP contribution >= 0.6 is 11.3 Å². The van der Waals surface area contributed by atoms with Gasteiger partial charge < -0.3 is 10.6 Å². The lowest BCUT2D eigenvalue weighted by Gasteiger charge is -2.16. The number of nitrogens with zero attached hydrogens (tertiary/aromatic N) is 1. The zero-order valence-electron chi connectivity index (χ0n) is 12.2. The third-order valence-corrected chi connectivity index (χ3v) is 4.00. The minimum atomic E-state index is -0.389. The molecule has 1 aromatic carbocycles. The van der Waals surface area contributed by atoms with Gasteiger partial charge in [-0.2, -0.15) is 5.26 Å². The molecule has 0 radical (unpaired) electrons. The van der Waals surface area contributed by atoms with Crippen molar-refractivity contribution < 1.29 is 4.79 Å². The summed E-state index contributed by atoms with van der Waals surface area (Å²) in [6.45, 7) is 5.84. The van der Waals surface area contributed by atoms with Crippen LogP contribution in [0.1, 0.15) is 23.6 Å². The Balaban J connectivity index is 2.05. The first-order chi connectivity index (χ1) is 10.0. The van der Waals surface area contributed by atoms with Gasteiger partial charge in [-0.25, -0.2) is 0 Å². The summed E-state index contributed by atoms with van der Waals surface area (Å²) >= 11 is 1.35. The van der Waals surface area contributed by atoms with Crippen molar-refractivity contribution in [3.63, 3.8) is 0 Å². The van der Waals surface area contributed by atoms with E-state index in [0.29, 0.717) is 10.6 Å². The Morgan fingerprint density at radius 3 is 2.76 bits per heavy atom. The van der Waals surface area contributed by atoms with Crippen LogP contribution in [-0.2, 0) is 4.79 Å². The molecule has 0 aliphatic heterocycles. The number of amides is 1. The van der Waals surface area contributed by atoms with Gasteiger partial charge in [-0.1, -0.05) is 17.7 Å². The molecule has 0 bridgehead atoms. The van der Waals surface area contributed by atoms with Gasteiger partial charge in [0.1, 0.15) is 17.1 Å². The van der Waals surface area contributed by atoms with Crippen molar-refractivity contribution in [2.24, 2.45) is 0 Å². The van der Waals surface area contributed by atoms with Gasteiger partial charge in [0.2, 0.25) is 5.91 Å². The molecule has 0 saturated carbocycles. The molecule has 2 rings (SSSR count). The van der Waals surface area contributed by atoms with E-state index in [1.165, 1.54) is 16.9 Å². The van der Waals surface area contributed by atoms with Crippen molar-refractivity contribution in [3.8, 4) is 6.07 Å². The highest BCUT2D eigenvalue weighted by atomic mass is 32.1. The topological polar surface area (TPSA) is 64.9 Å². The minimum absolute atomic E-state index is 0.158. The van der Waals surface area contributed by atoms with Gasteiger partial charge in [0.05, 0.1) is 5.56 Å². The predicted octanol–water partition coefficient (Wildman–Crippen LogP) is 3.68. The van der Waals surface area contributed by atoms with Crippen LogP contribution in [0.5, 0.6) is 0 Å². The number of nitriles is 1. The van der Waals surface area contributed by atoms with Crippen LogP contribution in [0.25, 0.3) is 0 Å². The Kier molecular flexibility index (Phi) is 4.61. The molecule has 1 amide bonds. The summed E-state index contributed by atoms with van der Waals surface area (Å²) in [6, 6.07) is 9.42. The van der Waals surface area contributed by atoms with Crippen LogP contribution in [0.3, 0.4) is 0 Å². The molecule has 4 nitrogen and oxygen atoms in total. The first kappa shape index (κ1) is 15.1. The van der Waals surface area contributed by atoms with E-state index in [0.717, 1.165) is 11.3 Å². The van der Waals surface area contributed by atoms with Crippen LogP contribution in [0.2, 0.25) is 0 Å². The molecular weight excluding hydrogens is 282 g/mol. The van der Waals surface area contributed by atoms with Gasteiger partial charge in [-0.05, 0) is 43.8 Å². The number of thiophene rings is 1. The number of nitrogens with one attached hydrogen (secondary N) is 2. The van der Waals surface area contributed by atoms with E-state index in [2.05, 4.69) is 22.8 Å². The second-order valence-electron chi connectivity index (χ2n) is 4.95. The summed E-state index contributed by atoms with van der Waals surface area (Å²) in [5, 5.41) is 17.3. The van der Waals surface area contributed by atoms with Crippen LogP contribution < -0.4 is 10.6 Å². The van der Waals surface area contributed by atoms with Crippen LogP contribution in [0, 0.1) is 25.2 Å². The fourth-order valence-electron chi connectivity index (χ4n) is 1.99. The summed E-state index contributed by atoms with van der Waals surface area (Å²) in [5.41, 5.74) is 3.72. The Labute approximate surface area is 128 Å². The summed E-state index contributed by atoms with van der Waals surface area (Å²) < 4.78 is 0. The fraction of sp³-hybridized carbons (Fsp3) is 0.250. The van der Waals surface area contributed by atoms with Crippen molar-refractivity contribution in [1.29, 1.82) is 5.26 Å². The van der Waals surface area contributed by atoms with Crippen LogP contribution in [0.4, 0.5) is 10.7 Å². The Bertz CT molecular complexity index is 700. The summed E-state index contributed by atoms with van der Waals surface area (Å²) in [7, 11) is 0. The standard InChI is InChI=1S/C16H17N3OS/c1-10-4-5-14(11(2)8-10)18-12(3)15(20)19-16-13(9-17)6-7-21-16/h4-8,12,18H,1-3H3,(H,19,20)/t12-/m0/s1. The van der Waals surface area contributed by atoms with E-state index in [4.69, 9.17) is 5.26 Å². The normalized spacial score (nSPS) is 11.5. The molecule has 5 heteroatoms. The fourth-order valence-corrected chi connectivity index (χ4v) is 2.73. The maximum absolute atomic E-state index is 12.2. The smallest absolute Gasteiger partial charge is 0.247 e. The minimum Gasteiger partial charge on any atom is -0.374 e. The zero-order valence-corrected chi connectivity index (χ0v) is 13.0. The number of hydrogen-bond donors (Lipinski definition) is 2. The van der Waals surface area contributed by atoms with Crippen LogP contribution in [0.15, 0.2) is 29.6 Å². The van der Waals surface area contributed by atoms with Crippen molar-refractivity contribution in [2.75, 3.05) is 10.6 Å². The predicted molar refractivity (Wildman–Crippen MR) is 86.7 cm³/mol. The molecule has 1 atom stereocenters. The molecule has 1 heterocycles. The number of anilines is 2. The van der Waals surface area contributed by atoms with E-state index in [9.17, 15) is 4.79 Å². The molecule has 21 heavy (non-hydrogen) atoms. The van der Waals surface area contributed by atoms with E-state index >= 15 is 0 Å². The quantitative estimate of drug-likeness (QED) is 0.905. The van der Waals surface area contributed by atoms with Gasteiger partial charge in [0, 0.05) is 5.69 Å². The molecule has 2 aromatic rings. The van der Waals surface area contributed by atoms with E-state index < -0.39 is 0 Å². The van der Waals surface area contributed by atoms with E-state index in [1.807, 2.05) is 26.0 Å². The van der Waals surface area contributed by atoms with Crippen molar-refractivity contribution in [1.82, 2.24) is 0 Å². The maximum Gasteiger partial charge on any atom is 0.247 e. The van der Waals surface area contributed by atoms with Crippen molar-refractivity contribution in [3.05, 3.63) is 46.3 Å². The van der Waals surface area contributed by atoms with Gasteiger partial charge in [0.15, 0.2) is 0 Å². The van der Waals surface area contributed by atoms with E-state index in [-0.39, 0.29) is 11.9 Å². The lowest BCUT2D eigenvalue weighted by Crippen LogP contribution is -2.32. The summed E-state index contributed by atoms with van der Waals surface area (Å²) in [5.74, 6) is -0.158. The summed E-state index contributed by atoms with van der Waals surface area (Å²) in [6.07, 6.45) is 0. The summed E-state index contributed by atoms with van der Waals surface area (Å²) in [4.78, 5) is 12.2. The highest BCUT2D eigenvalue weighted by Crippen LogP contribution is 2.23. The molecule has 108 valence electrons. The lowest BCUT2D eigenvalue weighted by atomic mass is 10.1. The molecular formula is C16H17N3OS. The van der Waals surface area contributed by atoms with Gasteiger partial charge >= 0.3 is 0 Å². The Morgan fingerprint density at radius 2 is 2.10 bits per heavy atom. The maximum atomic E-state index is 12.2. The van der Waals surface area contributed by atoms with E-state index in [1.54, 1.807) is 18.4 Å². The number of carbonyl (C=O) groups is 1. The van der Waals surface area contributed by atoms with Crippen molar-refractivity contribution in [2.45, 2.75) is 26.8 Å². The molecule has 0 saturated heterocycles. The van der Waals surface area contributed by atoms with Crippen molar-refractivity contribution >= 4 is 27.9 Å². The molecule has 1 aromatic heterocycles. The molecule has 0 fully saturated rings. The largest absolute Gasteiger partial charge is 0.374 e. The first-order valence-electron chi connectivity index (χ1n) is 6.63. The lowest BCUT2D eigenvalue weighted by molar-refractivity contribution is -0.116. The number of rotatable bonds is 4. The number of aryl methyl sites for hydroxylation is 2. The second-order valence-corrected chi connectivity index (χ2v) is 5.86. The van der Waals surface area contributed by atoms with Gasteiger partial charge in [-0.15, -0.1) is 11.3 Å². The SMILES string of the molecule is Cc1ccc(N[C@@H](C)C(=O)Nc2sccc2C#N)c(C)c1. The first-order valence-corrected chi connectivity index (χ1v) is 7.51. The monoisotopic (exact) mass is 299 g/mol. The highest BCUT2D eigenvalue weighted by Gasteiger charge is 2.15. The van der Waals surface area contributed by atoms with Gasteiger partial charge in [-0.3, -0.25) is 4.79 Å². The second kappa shape index (κ2) is 6.42. The number of carbonyl (C=O) groups excluding carboxylic acids is 1. The highest BCUT2D eigenvalue weighted by molar-refractivity contribution is 7.14. The Morgan fingerprint density at radius 1 is 1.33 bits per heavy atom. The van der Waals surface area contributed by atoms with Crippen LogP contribution in [-0.4, -0.2) is 11.9 Å².